The summed E-state index contributed by atoms with van der Waals surface area (Å²) in [6, 6.07) is 6.08. The van der Waals surface area contributed by atoms with Gasteiger partial charge in [-0.05, 0) is 19.1 Å². The normalized spacial score (nSPS) is 11.1. The van der Waals surface area contributed by atoms with Crippen LogP contribution in [0, 0.1) is 0 Å². The average Bonchev–Trinajstić information content (AvgIpc) is 2.02. The number of hydrogen-bond donors (Lipinski definition) is 0. The van der Waals surface area contributed by atoms with E-state index in [9.17, 15) is 8.78 Å². The van der Waals surface area contributed by atoms with E-state index in [1.807, 2.05) is 6.92 Å². The van der Waals surface area contributed by atoms with Crippen molar-refractivity contribution < 1.29 is 18.3 Å². The number of alkyl halides is 3. The summed E-state index contributed by atoms with van der Waals surface area (Å²) < 4.78 is 34.2. The first-order valence-electron chi connectivity index (χ1n) is 4.00. The molecule has 0 atom stereocenters. The highest BCUT2D eigenvalue weighted by atomic mass is 79.9. The van der Waals surface area contributed by atoms with Crippen LogP contribution in [0.1, 0.15) is 6.92 Å². The first-order chi connectivity index (χ1) is 6.51. The van der Waals surface area contributed by atoms with E-state index in [4.69, 9.17) is 4.74 Å². The zero-order valence-corrected chi connectivity index (χ0v) is 9.05. The van der Waals surface area contributed by atoms with Crippen LogP contribution >= 0.6 is 15.9 Å². The molecule has 0 saturated heterocycles. The van der Waals surface area contributed by atoms with E-state index in [-0.39, 0.29) is 5.75 Å². The summed E-state index contributed by atoms with van der Waals surface area (Å²) in [5, 5.41) is -3.35. The molecule has 0 N–H and O–H groups in total. The predicted molar refractivity (Wildman–Crippen MR) is 52.1 cm³/mol. The molecule has 2 nitrogen and oxygen atoms in total. The summed E-state index contributed by atoms with van der Waals surface area (Å²) in [5.74, 6) is 0.555. The fourth-order valence-electron chi connectivity index (χ4n) is 0.928. The minimum atomic E-state index is -3.35. The first kappa shape index (κ1) is 11.2. The second-order valence-electron chi connectivity index (χ2n) is 2.46. The Morgan fingerprint density at radius 2 is 2.00 bits per heavy atom. The standard InChI is InChI=1S/C9H9BrF2O2/c1-2-13-7-4-3-5-8(6-7)14-9(10,11)12/h3-6H,2H2,1H3. The molecule has 0 unspecified atom stereocenters. The highest BCUT2D eigenvalue weighted by molar-refractivity contribution is 9.09. The minimum absolute atomic E-state index is 0.0535. The van der Waals surface area contributed by atoms with Crippen molar-refractivity contribution >= 4 is 15.9 Å². The molecule has 0 fully saturated rings. The van der Waals surface area contributed by atoms with Gasteiger partial charge in [0.1, 0.15) is 11.5 Å². The van der Waals surface area contributed by atoms with Crippen molar-refractivity contribution in [2.45, 2.75) is 11.9 Å². The summed E-state index contributed by atoms with van der Waals surface area (Å²) in [4.78, 5) is 0. The van der Waals surface area contributed by atoms with Gasteiger partial charge < -0.3 is 9.47 Å². The Balaban J connectivity index is 2.73. The topological polar surface area (TPSA) is 18.5 Å². The number of hydrogen-bond acceptors (Lipinski definition) is 2. The molecule has 0 aliphatic heterocycles. The number of halogens is 3. The third-order valence-corrected chi connectivity index (χ3v) is 1.51. The monoisotopic (exact) mass is 266 g/mol. The van der Waals surface area contributed by atoms with Crippen LogP contribution in [0.2, 0.25) is 0 Å². The van der Waals surface area contributed by atoms with Gasteiger partial charge in [0.05, 0.1) is 6.61 Å². The quantitative estimate of drug-likeness (QED) is 0.778. The van der Waals surface area contributed by atoms with Crippen molar-refractivity contribution in [3.8, 4) is 11.5 Å². The molecule has 1 aromatic carbocycles. The van der Waals surface area contributed by atoms with Crippen LogP contribution < -0.4 is 9.47 Å². The Hall–Kier alpha value is -0.840. The SMILES string of the molecule is CCOc1cccc(OC(F)(F)Br)c1. The lowest BCUT2D eigenvalue weighted by Gasteiger charge is -2.11. The molecule has 5 heteroatoms. The molecule has 0 saturated carbocycles. The van der Waals surface area contributed by atoms with E-state index < -0.39 is 5.02 Å². The average molecular weight is 267 g/mol. The molecule has 0 spiro atoms. The molecule has 0 aromatic heterocycles. The number of ether oxygens (including phenoxy) is 2. The molecule has 0 aliphatic carbocycles. The fraction of sp³-hybridized carbons (Fsp3) is 0.333. The molecule has 0 amide bonds. The van der Waals surface area contributed by atoms with Crippen molar-refractivity contribution in [3.05, 3.63) is 24.3 Å². The zero-order valence-electron chi connectivity index (χ0n) is 7.47. The lowest BCUT2D eigenvalue weighted by atomic mass is 10.3. The second kappa shape index (κ2) is 4.59. The molecule has 14 heavy (non-hydrogen) atoms. The van der Waals surface area contributed by atoms with Crippen LogP contribution in [0.4, 0.5) is 8.78 Å². The van der Waals surface area contributed by atoms with Gasteiger partial charge in [-0.2, -0.15) is 8.78 Å². The molecule has 0 bridgehead atoms. The smallest absolute Gasteiger partial charge is 0.459 e. The molecule has 1 rings (SSSR count). The van der Waals surface area contributed by atoms with Gasteiger partial charge in [0.15, 0.2) is 0 Å². The molecular weight excluding hydrogens is 258 g/mol. The first-order valence-corrected chi connectivity index (χ1v) is 4.79. The van der Waals surface area contributed by atoms with Gasteiger partial charge in [0.2, 0.25) is 0 Å². The van der Waals surface area contributed by atoms with Crippen molar-refractivity contribution in [1.29, 1.82) is 0 Å². The Morgan fingerprint density at radius 3 is 2.57 bits per heavy atom. The second-order valence-corrected chi connectivity index (χ2v) is 3.38. The van der Waals surface area contributed by atoms with Crippen molar-refractivity contribution in [3.63, 3.8) is 0 Å². The molecule has 0 radical (unpaired) electrons. The van der Waals surface area contributed by atoms with E-state index in [2.05, 4.69) is 20.7 Å². The van der Waals surface area contributed by atoms with E-state index in [0.717, 1.165) is 0 Å². The van der Waals surface area contributed by atoms with Gasteiger partial charge in [0, 0.05) is 22.0 Å². The molecule has 0 heterocycles. The number of benzene rings is 1. The lowest BCUT2D eigenvalue weighted by Crippen LogP contribution is -2.14. The van der Waals surface area contributed by atoms with E-state index in [0.29, 0.717) is 12.4 Å². The van der Waals surface area contributed by atoms with Crippen molar-refractivity contribution in [2.24, 2.45) is 0 Å². The highest BCUT2D eigenvalue weighted by Gasteiger charge is 2.26. The Morgan fingerprint density at radius 1 is 1.36 bits per heavy atom. The van der Waals surface area contributed by atoms with Gasteiger partial charge in [-0.3, -0.25) is 0 Å². The lowest BCUT2D eigenvalue weighted by molar-refractivity contribution is -0.0803. The van der Waals surface area contributed by atoms with Gasteiger partial charge in [-0.15, -0.1) is 0 Å². The van der Waals surface area contributed by atoms with Gasteiger partial charge in [-0.1, -0.05) is 6.07 Å². The third-order valence-electron chi connectivity index (χ3n) is 1.35. The van der Waals surface area contributed by atoms with Crippen LogP contribution in [0.5, 0.6) is 11.5 Å². The van der Waals surface area contributed by atoms with Crippen LogP contribution in [0.3, 0.4) is 0 Å². The van der Waals surface area contributed by atoms with Crippen LogP contribution in [-0.2, 0) is 0 Å². The number of rotatable bonds is 4. The fourth-order valence-corrected chi connectivity index (χ4v) is 1.11. The molecule has 78 valence electrons. The molecule has 1 aromatic rings. The highest BCUT2D eigenvalue weighted by Crippen LogP contribution is 2.28. The summed E-state index contributed by atoms with van der Waals surface area (Å²) in [5.41, 5.74) is 0. The Bertz CT molecular complexity index is 299. The Kier molecular flexibility index (Phi) is 3.69. The largest absolute Gasteiger partial charge is 0.494 e. The Labute approximate surface area is 89.0 Å². The van der Waals surface area contributed by atoms with Gasteiger partial charge in [0.25, 0.3) is 0 Å². The van der Waals surface area contributed by atoms with Crippen molar-refractivity contribution in [2.75, 3.05) is 6.61 Å². The van der Waals surface area contributed by atoms with E-state index >= 15 is 0 Å². The van der Waals surface area contributed by atoms with E-state index in [1.54, 1.807) is 12.1 Å². The van der Waals surface area contributed by atoms with Gasteiger partial charge in [-0.25, -0.2) is 0 Å². The third kappa shape index (κ3) is 3.91. The van der Waals surface area contributed by atoms with Crippen LogP contribution in [0.25, 0.3) is 0 Å². The summed E-state index contributed by atoms with van der Waals surface area (Å²) in [7, 11) is 0. The molecule has 0 aliphatic rings. The van der Waals surface area contributed by atoms with Crippen LogP contribution in [-0.4, -0.2) is 11.6 Å². The predicted octanol–water partition coefficient (Wildman–Crippen LogP) is 3.41. The maximum absolute atomic E-state index is 12.4. The summed E-state index contributed by atoms with van der Waals surface area (Å²) in [6.45, 7) is 2.29. The summed E-state index contributed by atoms with van der Waals surface area (Å²) >= 11 is 2.08. The van der Waals surface area contributed by atoms with E-state index in [1.165, 1.54) is 12.1 Å². The van der Waals surface area contributed by atoms with Crippen molar-refractivity contribution in [1.82, 2.24) is 0 Å². The minimum Gasteiger partial charge on any atom is -0.494 e. The molecular formula is C9H9BrF2O2. The van der Waals surface area contributed by atoms with Gasteiger partial charge >= 0.3 is 5.02 Å². The maximum Gasteiger partial charge on any atom is 0.459 e. The maximum atomic E-state index is 12.4. The zero-order chi connectivity index (χ0) is 10.6. The summed E-state index contributed by atoms with van der Waals surface area (Å²) in [6.07, 6.45) is 0. The van der Waals surface area contributed by atoms with Crippen LogP contribution in [0.15, 0.2) is 24.3 Å².